The molecular formula is C15H14F3N3O5. The fraction of sp³-hybridized carbons (Fsp3) is 0.333. The monoisotopic (exact) mass is 373 g/mol. The zero-order valence-electron chi connectivity index (χ0n) is 13.4. The molecule has 0 fully saturated rings. The highest BCUT2D eigenvalue weighted by molar-refractivity contribution is 5.99. The van der Waals surface area contributed by atoms with Crippen LogP contribution < -0.4 is 16.6 Å². The standard InChI is InChI=1S/C15H14F3N3O5/c1-2-21-12(23)8-4-3-7(5-9(8)20-14(21)26)11(22)19-10(13(24)25)6-15(16,17)18/h3-5,10H,2,6H2,1H3,(H,19,22)(H,20,26)(H,24,25)/t10-/m1/s1. The van der Waals surface area contributed by atoms with E-state index in [2.05, 4.69) is 4.98 Å². The molecule has 0 aliphatic heterocycles. The number of aromatic nitrogens is 2. The van der Waals surface area contributed by atoms with Crippen molar-refractivity contribution in [3.8, 4) is 0 Å². The second-order valence-electron chi connectivity index (χ2n) is 5.42. The van der Waals surface area contributed by atoms with Crippen LogP contribution in [0.1, 0.15) is 23.7 Å². The highest BCUT2D eigenvalue weighted by Gasteiger charge is 2.36. The number of rotatable bonds is 5. The largest absolute Gasteiger partial charge is 0.480 e. The van der Waals surface area contributed by atoms with Crippen molar-refractivity contribution in [3.63, 3.8) is 0 Å². The minimum Gasteiger partial charge on any atom is -0.480 e. The third-order valence-electron chi connectivity index (χ3n) is 3.60. The summed E-state index contributed by atoms with van der Waals surface area (Å²) in [5, 5.41) is 10.7. The summed E-state index contributed by atoms with van der Waals surface area (Å²) in [6.45, 7) is 1.72. The van der Waals surface area contributed by atoms with Crippen LogP contribution in [0, 0.1) is 0 Å². The van der Waals surface area contributed by atoms with Gasteiger partial charge in [-0.2, -0.15) is 13.2 Å². The van der Waals surface area contributed by atoms with E-state index in [0.29, 0.717) is 0 Å². The minimum atomic E-state index is -4.78. The number of hydrogen-bond donors (Lipinski definition) is 3. The fourth-order valence-corrected chi connectivity index (χ4v) is 2.36. The zero-order chi connectivity index (χ0) is 19.6. The first-order chi connectivity index (χ1) is 12.0. The van der Waals surface area contributed by atoms with Crippen LogP contribution in [0.4, 0.5) is 13.2 Å². The lowest BCUT2D eigenvalue weighted by Gasteiger charge is -2.16. The quantitative estimate of drug-likeness (QED) is 0.717. The number of fused-ring (bicyclic) bond motifs is 1. The number of hydrogen-bond acceptors (Lipinski definition) is 4. The van der Waals surface area contributed by atoms with Gasteiger partial charge in [0.15, 0.2) is 0 Å². The van der Waals surface area contributed by atoms with Gasteiger partial charge in [0.2, 0.25) is 0 Å². The summed E-state index contributed by atoms with van der Waals surface area (Å²) >= 11 is 0. The van der Waals surface area contributed by atoms with Crippen molar-refractivity contribution in [1.82, 2.24) is 14.9 Å². The number of carbonyl (C=O) groups excluding carboxylic acids is 1. The molecule has 0 radical (unpaired) electrons. The molecule has 11 heteroatoms. The van der Waals surface area contributed by atoms with Gasteiger partial charge in [0.05, 0.1) is 17.3 Å². The normalized spacial score (nSPS) is 12.8. The second kappa shape index (κ2) is 7.02. The lowest BCUT2D eigenvalue weighted by molar-refractivity contribution is -0.157. The Morgan fingerprint density at radius 1 is 1.31 bits per heavy atom. The number of aliphatic carboxylic acids is 1. The maximum Gasteiger partial charge on any atom is 0.391 e. The molecule has 26 heavy (non-hydrogen) atoms. The van der Waals surface area contributed by atoms with E-state index in [4.69, 9.17) is 5.11 Å². The summed E-state index contributed by atoms with van der Waals surface area (Å²) in [7, 11) is 0. The molecule has 0 saturated carbocycles. The van der Waals surface area contributed by atoms with E-state index in [1.807, 2.05) is 0 Å². The van der Waals surface area contributed by atoms with Crippen molar-refractivity contribution in [2.75, 3.05) is 0 Å². The Bertz CT molecular complexity index is 977. The Hall–Kier alpha value is -3.11. The van der Waals surface area contributed by atoms with E-state index in [0.717, 1.165) is 16.7 Å². The number of nitrogens with one attached hydrogen (secondary N) is 2. The van der Waals surface area contributed by atoms with Crippen molar-refractivity contribution in [3.05, 3.63) is 44.6 Å². The van der Waals surface area contributed by atoms with E-state index in [1.165, 1.54) is 6.07 Å². The summed E-state index contributed by atoms with van der Waals surface area (Å²) in [5.74, 6) is -2.92. The second-order valence-corrected chi connectivity index (χ2v) is 5.42. The van der Waals surface area contributed by atoms with Crippen LogP contribution in [0.2, 0.25) is 0 Å². The summed E-state index contributed by atoms with van der Waals surface area (Å²) in [5.41, 5.74) is -1.47. The number of halogens is 3. The SMILES string of the molecule is CCn1c(=O)[nH]c2cc(C(=O)N[C@H](CC(F)(F)F)C(=O)O)ccc2c1=O. The van der Waals surface area contributed by atoms with E-state index in [9.17, 15) is 32.3 Å². The highest BCUT2D eigenvalue weighted by atomic mass is 19.4. The molecule has 0 saturated heterocycles. The molecule has 140 valence electrons. The van der Waals surface area contributed by atoms with Crippen LogP contribution in [-0.4, -0.2) is 38.8 Å². The number of aromatic amines is 1. The number of nitrogens with zero attached hydrogens (tertiary/aromatic N) is 1. The van der Waals surface area contributed by atoms with Gasteiger partial charge in [-0.1, -0.05) is 0 Å². The van der Waals surface area contributed by atoms with Crippen LogP contribution >= 0.6 is 0 Å². The number of carboxylic acids is 1. The van der Waals surface area contributed by atoms with Gasteiger partial charge < -0.3 is 15.4 Å². The minimum absolute atomic E-state index is 0.0139. The molecule has 0 unspecified atom stereocenters. The van der Waals surface area contributed by atoms with Crippen LogP contribution in [-0.2, 0) is 11.3 Å². The van der Waals surface area contributed by atoms with E-state index in [-0.39, 0.29) is 23.0 Å². The molecule has 2 aromatic rings. The first kappa shape index (κ1) is 19.2. The van der Waals surface area contributed by atoms with Gasteiger partial charge in [0, 0.05) is 12.1 Å². The van der Waals surface area contributed by atoms with Crippen LogP contribution in [0.5, 0.6) is 0 Å². The Morgan fingerprint density at radius 2 is 1.96 bits per heavy atom. The zero-order valence-corrected chi connectivity index (χ0v) is 13.4. The highest BCUT2D eigenvalue weighted by Crippen LogP contribution is 2.22. The maximum absolute atomic E-state index is 12.4. The average Bonchev–Trinajstić information content (AvgIpc) is 2.52. The fourth-order valence-electron chi connectivity index (χ4n) is 2.36. The van der Waals surface area contributed by atoms with Crippen molar-refractivity contribution < 1.29 is 27.9 Å². The molecule has 8 nitrogen and oxygen atoms in total. The molecule has 1 amide bonds. The van der Waals surface area contributed by atoms with Gasteiger partial charge in [0.1, 0.15) is 6.04 Å². The Kier molecular flexibility index (Phi) is 5.19. The maximum atomic E-state index is 12.4. The molecule has 3 N–H and O–H groups in total. The summed E-state index contributed by atoms with van der Waals surface area (Å²) in [4.78, 5) is 49.3. The van der Waals surface area contributed by atoms with Gasteiger partial charge in [-0.3, -0.25) is 14.2 Å². The van der Waals surface area contributed by atoms with Crippen molar-refractivity contribution in [1.29, 1.82) is 0 Å². The summed E-state index contributed by atoms with van der Waals surface area (Å²) < 4.78 is 38.1. The lowest BCUT2D eigenvalue weighted by atomic mass is 10.1. The Morgan fingerprint density at radius 3 is 2.50 bits per heavy atom. The number of alkyl halides is 3. The van der Waals surface area contributed by atoms with Gasteiger partial charge in [-0.15, -0.1) is 0 Å². The summed E-state index contributed by atoms with van der Waals surface area (Å²) in [6, 6.07) is 1.32. The number of carbonyl (C=O) groups is 2. The molecule has 1 aromatic heterocycles. The van der Waals surface area contributed by atoms with Gasteiger partial charge in [-0.05, 0) is 25.1 Å². The molecule has 2 rings (SSSR count). The Labute approximate surface area is 143 Å². The van der Waals surface area contributed by atoms with Crippen molar-refractivity contribution in [2.45, 2.75) is 32.1 Å². The predicted molar refractivity (Wildman–Crippen MR) is 84.1 cm³/mol. The molecular weight excluding hydrogens is 359 g/mol. The first-order valence-electron chi connectivity index (χ1n) is 7.40. The third kappa shape index (κ3) is 4.10. The predicted octanol–water partition coefficient (Wildman–Crippen LogP) is 0.845. The molecule has 0 spiro atoms. The van der Waals surface area contributed by atoms with Crippen LogP contribution in [0.3, 0.4) is 0 Å². The van der Waals surface area contributed by atoms with Crippen LogP contribution in [0.25, 0.3) is 10.9 Å². The van der Waals surface area contributed by atoms with Gasteiger partial charge in [0.25, 0.3) is 11.5 Å². The number of carboxylic acid groups (broad SMARTS) is 1. The van der Waals surface area contributed by atoms with E-state index >= 15 is 0 Å². The molecule has 0 bridgehead atoms. The topological polar surface area (TPSA) is 121 Å². The number of benzene rings is 1. The Balaban J connectivity index is 2.37. The average molecular weight is 373 g/mol. The van der Waals surface area contributed by atoms with E-state index in [1.54, 1.807) is 12.2 Å². The van der Waals surface area contributed by atoms with Crippen molar-refractivity contribution >= 4 is 22.8 Å². The molecule has 0 aliphatic carbocycles. The number of amides is 1. The van der Waals surface area contributed by atoms with Crippen LogP contribution in [0.15, 0.2) is 27.8 Å². The molecule has 1 atom stereocenters. The number of H-pyrrole nitrogens is 1. The van der Waals surface area contributed by atoms with Crippen molar-refractivity contribution in [2.24, 2.45) is 0 Å². The molecule has 1 heterocycles. The third-order valence-corrected chi connectivity index (χ3v) is 3.60. The van der Waals surface area contributed by atoms with Gasteiger partial charge >= 0.3 is 17.8 Å². The lowest BCUT2D eigenvalue weighted by Crippen LogP contribution is -2.43. The smallest absolute Gasteiger partial charge is 0.391 e. The van der Waals surface area contributed by atoms with Gasteiger partial charge in [-0.25, -0.2) is 9.59 Å². The summed E-state index contributed by atoms with van der Waals surface area (Å²) in [6.07, 6.45) is -6.52. The first-order valence-corrected chi connectivity index (χ1v) is 7.40. The molecule has 1 aromatic carbocycles. The molecule has 0 aliphatic rings. The van der Waals surface area contributed by atoms with E-state index < -0.39 is 41.8 Å².